The van der Waals surface area contributed by atoms with Gasteiger partial charge in [0.1, 0.15) is 36.1 Å². The van der Waals surface area contributed by atoms with Gasteiger partial charge >= 0.3 is 12.1 Å². The topological polar surface area (TPSA) is 127 Å². The van der Waals surface area contributed by atoms with E-state index >= 15 is 0 Å². The maximum atomic E-state index is 12.6. The molecule has 2 fully saturated rings. The molecular formula is C26H46N4O6S2. The van der Waals surface area contributed by atoms with Crippen LogP contribution in [0.2, 0.25) is 0 Å². The maximum absolute atomic E-state index is 12.6. The maximum Gasteiger partial charge on any atom is 0.327 e. The number of hydrogen-bond acceptors (Lipinski definition) is 6. The first-order chi connectivity index (χ1) is 17.7. The van der Waals surface area contributed by atoms with Crippen LogP contribution in [0.25, 0.3) is 0 Å². The first kappa shape index (κ1) is 32.7. The zero-order valence-corrected chi connectivity index (χ0v) is 25.6. The third-order valence-corrected chi connectivity index (χ3v) is 10.5. The number of imide groups is 2. The summed E-state index contributed by atoms with van der Waals surface area (Å²) in [6.07, 6.45) is 2.67. The summed E-state index contributed by atoms with van der Waals surface area (Å²) in [5.74, 6) is 1.41. The Labute approximate surface area is 234 Å². The summed E-state index contributed by atoms with van der Waals surface area (Å²) >= 11 is -2.18. The third kappa shape index (κ3) is 9.60. The summed E-state index contributed by atoms with van der Waals surface area (Å²) in [4.78, 5) is 54.4. The molecule has 6 amide bonds. The standard InChI is InChI=1S/C26H46N4O6S2/c1-7-27-19-21(31)29(23(27)33)13-9-25(3,4)11-15-37(35)17-18-38(36)16-12-26(5,6)10-14-30-22(32)20-28(8-2)24(30)34/h7-20H2,1-6H3. The lowest BCUT2D eigenvalue weighted by Crippen LogP contribution is -2.36. The minimum Gasteiger partial charge on any atom is -0.616 e. The molecule has 0 spiro atoms. The highest BCUT2D eigenvalue weighted by molar-refractivity contribution is 7.95. The molecule has 2 unspecified atom stereocenters. The van der Waals surface area contributed by atoms with Crippen molar-refractivity contribution in [1.29, 1.82) is 0 Å². The van der Waals surface area contributed by atoms with Crippen molar-refractivity contribution in [2.75, 3.05) is 62.3 Å². The van der Waals surface area contributed by atoms with Crippen molar-refractivity contribution in [1.82, 2.24) is 19.6 Å². The molecule has 0 saturated carbocycles. The van der Waals surface area contributed by atoms with Gasteiger partial charge in [0.15, 0.2) is 0 Å². The zero-order chi connectivity index (χ0) is 28.7. The fraction of sp³-hybridized carbons (Fsp3) is 0.846. The van der Waals surface area contributed by atoms with E-state index in [0.717, 1.165) is 0 Å². The van der Waals surface area contributed by atoms with Crippen LogP contribution in [0, 0.1) is 10.8 Å². The second-order valence-corrected chi connectivity index (χ2v) is 15.1. The van der Waals surface area contributed by atoms with Crippen molar-refractivity contribution in [3.63, 3.8) is 0 Å². The Morgan fingerprint density at radius 1 is 0.632 bits per heavy atom. The number of urea groups is 2. The van der Waals surface area contributed by atoms with E-state index in [2.05, 4.69) is 27.7 Å². The van der Waals surface area contributed by atoms with Gasteiger partial charge in [0.05, 0.1) is 0 Å². The number of hydrogen-bond donors (Lipinski definition) is 0. The number of carbonyl (C=O) groups is 4. The van der Waals surface area contributed by atoms with Crippen LogP contribution in [0.15, 0.2) is 0 Å². The summed E-state index contributed by atoms with van der Waals surface area (Å²) in [5, 5.41) is 0. The second kappa shape index (κ2) is 14.2. The normalized spacial score (nSPS) is 18.8. The van der Waals surface area contributed by atoms with Crippen molar-refractivity contribution in [3.05, 3.63) is 0 Å². The third-order valence-electron chi connectivity index (χ3n) is 7.60. The summed E-state index contributed by atoms with van der Waals surface area (Å²) in [6, 6.07) is -0.465. The quantitative estimate of drug-likeness (QED) is 0.194. The van der Waals surface area contributed by atoms with Gasteiger partial charge in [-0.3, -0.25) is 19.4 Å². The summed E-state index contributed by atoms with van der Waals surface area (Å²) in [7, 11) is 0. The smallest absolute Gasteiger partial charge is 0.327 e. The predicted molar refractivity (Wildman–Crippen MR) is 150 cm³/mol. The minimum atomic E-state index is -1.09. The predicted octanol–water partition coefficient (Wildman–Crippen LogP) is 2.66. The number of carbonyl (C=O) groups excluding carboxylic acids is 4. The van der Waals surface area contributed by atoms with Crippen LogP contribution in [0.4, 0.5) is 9.59 Å². The number of amides is 6. The van der Waals surface area contributed by atoms with Gasteiger partial charge in [0, 0.05) is 26.2 Å². The van der Waals surface area contributed by atoms with Crippen LogP contribution >= 0.6 is 0 Å². The molecule has 0 N–H and O–H groups in total. The minimum absolute atomic E-state index is 0.142. The van der Waals surface area contributed by atoms with Crippen molar-refractivity contribution in [2.45, 2.75) is 67.2 Å². The van der Waals surface area contributed by atoms with E-state index in [1.807, 2.05) is 13.8 Å². The fourth-order valence-electron chi connectivity index (χ4n) is 4.37. The second-order valence-electron chi connectivity index (χ2n) is 11.7. The lowest BCUT2D eigenvalue weighted by Gasteiger charge is -2.28. The molecule has 12 heteroatoms. The van der Waals surface area contributed by atoms with E-state index in [4.69, 9.17) is 0 Å². The molecule has 0 aromatic carbocycles. The molecule has 38 heavy (non-hydrogen) atoms. The van der Waals surface area contributed by atoms with Gasteiger partial charge < -0.3 is 18.9 Å². The van der Waals surface area contributed by atoms with Gasteiger partial charge in [0.2, 0.25) is 11.8 Å². The molecule has 2 rings (SSSR count). The first-order valence-corrected chi connectivity index (χ1v) is 16.6. The Balaban J connectivity index is 1.65. The largest absolute Gasteiger partial charge is 0.616 e. The van der Waals surface area contributed by atoms with E-state index < -0.39 is 22.4 Å². The van der Waals surface area contributed by atoms with Crippen molar-refractivity contribution < 1.29 is 28.3 Å². The molecule has 2 aliphatic rings. The van der Waals surface area contributed by atoms with E-state index in [-0.39, 0.29) is 47.8 Å². The van der Waals surface area contributed by atoms with Crippen LogP contribution < -0.4 is 0 Å². The summed E-state index contributed by atoms with van der Waals surface area (Å²) < 4.78 is 25.2. The molecule has 0 aromatic rings. The molecule has 2 heterocycles. The Morgan fingerprint density at radius 2 is 0.974 bits per heavy atom. The highest BCUT2D eigenvalue weighted by atomic mass is 32.2. The molecule has 2 aliphatic heterocycles. The average molecular weight is 575 g/mol. The molecule has 0 radical (unpaired) electrons. The van der Waals surface area contributed by atoms with Gasteiger partial charge in [-0.15, -0.1) is 0 Å². The summed E-state index contributed by atoms with van der Waals surface area (Å²) in [6.45, 7) is 14.0. The van der Waals surface area contributed by atoms with Gasteiger partial charge in [-0.05, 0) is 72.7 Å². The molecule has 0 aromatic heterocycles. The molecule has 0 bridgehead atoms. The van der Waals surface area contributed by atoms with Crippen molar-refractivity contribution in [2.24, 2.45) is 10.8 Å². The van der Waals surface area contributed by atoms with Crippen molar-refractivity contribution in [3.8, 4) is 0 Å². The SMILES string of the molecule is CCN1CC(=O)N(CCC(C)(C)CC[S+]([O-])CC[S+]([O-])CCC(C)(C)CCN2C(=O)CN(CC)C2=O)C1=O. The van der Waals surface area contributed by atoms with E-state index in [1.165, 1.54) is 19.6 Å². The molecule has 0 aliphatic carbocycles. The first-order valence-electron chi connectivity index (χ1n) is 13.6. The zero-order valence-electron chi connectivity index (χ0n) is 24.0. The average Bonchev–Trinajstić information content (AvgIpc) is 3.30. The number of likely N-dealkylation sites (N-methyl/N-ethyl adjacent to an activating group) is 2. The van der Waals surface area contributed by atoms with E-state index in [1.54, 1.807) is 0 Å². The Hall–Kier alpha value is -1.50. The monoisotopic (exact) mass is 574 g/mol. The Kier molecular flexibility index (Phi) is 12.2. The van der Waals surface area contributed by atoms with E-state index in [0.29, 0.717) is 74.9 Å². The van der Waals surface area contributed by atoms with Gasteiger partial charge in [-0.25, -0.2) is 9.59 Å². The highest BCUT2D eigenvalue weighted by Crippen LogP contribution is 2.29. The number of nitrogens with zero attached hydrogens (tertiary/aromatic N) is 4. The Morgan fingerprint density at radius 3 is 1.26 bits per heavy atom. The van der Waals surface area contributed by atoms with Crippen molar-refractivity contribution >= 4 is 46.2 Å². The fourth-order valence-corrected chi connectivity index (χ4v) is 7.83. The lowest BCUT2D eigenvalue weighted by atomic mass is 9.86. The van der Waals surface area contributed by atoms with Gasteiger partial charge in [-0.1, -0.05) is 27.7 Å². The molecular weight excluding hydrogens is 528 g/mol. The highest BCUT2D eigenvalue weighted by Gasteiger charge is 2.37. The molecule has 218 valence electrons. The van der Waals surface area contributed by atoms with Crippen LogP contribution in [0.3, 0.4) is 0 Å². The van der Waals surface area contributed by atoms with Crippen LogP contribution in [0.1, 0.15) is 67.2 Å². The lowest BCUT2D eigenvalue weighted by molar-refractivity contribution is -0.126. The van der Waals surface area contributed by atoms with Gasteiger partial charge in [0.25, 0.3) is 0 Å². The van der Waals surface area contributed by atoms with Crippen LogP contribution in [-0.4, -0.2) is 115 Å². The van der Waals surface area contributed by atoms with Crippen LogP contribution in [0.5, 0.6) is 0 Å². The Bertz CT molecular complexity index is 788. The molecule has 2 saturated heterocycles. The van der Waals surface area contributed by atoms with Crippen LogP contribution in [-0.2, 0) is 31.9 Å². The molecule has 10 nitrogen and oxygen atoms in total. The van der Waals surface area contributed by atoms with Gasteiger partial charge in [-0.2, -0.15) is 0 Å². The van der Waals surface area contributed by atoms with E-state index in [9.17, 15) is 28.3 Å². The number of rotatable bonds is 17. The summed E-state index contributed by atoms with van der Waals surface area (Å²) in [5.41, 5.74) is -0.351. The molecule has 2 atom stereocenters.